The van der Waals surface area contributed by atoms with E-state index >= 15 is 0 Å². The molecule has 0 saturated heterocycles. The SMILES string of the molecule is O=C1/C(=C\c2ccc(Cl)cc2)N=C(c2ccccc2)N1c1ccc(S(=O)(=O)Nc2ncccn2)cc1. The molecule has 5 rings (SSSR count). The molecule has 1 amide bonds. The number of halogens is 1. The van der Waals surface area contributed by atoms with Crippen LogP contribution in [0.15, 0.2) is 113 Å². The van der Waals surface area contributed by atoms with E-state index in [1.165, 1.54) is 29.4 Å². The highest BCUT2D eigenvalue weighted by Crippen LogP contribution is 2.29. The third-order valence-corrected chi connectivity index (χ3v) is 6.86. The van der Waals surface area contributed by atoms with Crippen LogP contribution in [0.25, 0.3) is 6.08 Å². The molecule has 10 heteroatoms. The van der Waals surface area contributed by atoms with E-state index in [-0.39, 0.29) is 22.4 Å². The van der Waals surface area contributed by atoms with Crippen molar-refractivity contribution < 1.29 is 13.2 Å². The van der Waals surface area contributed by atoms with E-state index in [2.05, 4.69) is 19.7 Å². The third-order valence-electron chi connectivity index (χ3n) is 5.26. The lowest BCUT2D eigenvalue weighted by Gasteiger charge is -2.19. The number of hydrogen-bond acceptors (Lipinski definition) is 6. The monoisotopic (exact) mass is 515 g/mol. The summed E-state index contributed by atoms with van der Waals surface area (Å²) in [5.41, 5.74) is 2.23. The first kappa shape index (κ1) is 23.4. The quantitative estimate of drug-likeness (QED) is 0.373. The summed E-state index contributed by atoms with van der Waals surface area (Å²) < 4.78 is 27.8. The number of amides is 1. The zero-order chi connectivity index (χ0) is 25.1. The van der Waals surface area contributed by atoms with Gasteiger partial charge in [0.2, 0.25) is 5.95 Å². The topological polar surface area (TPSA) is 105 Å². The van der Waals surface area contributed by atoms with Gasteiger partial charge in [-0.15, -0.1) is 0 Å². The first-order chi connectivity index (χ1) is 17.4. The number of hydrogen-bond donors (Lipinski definition) is 1. The molecule has 4 aromatic rings. The van der Waals surface area contributed by atoms with Gasteiger partial charge in [-0.1, -0.05) is 54.1 Å². The van der Waals surface area contributed by atoms with Gasteiger partial charge < -0.3 is 0 Å². The van der Waals surface area contributed by atoms with E-state index in [1.54, 1.807) is 48.5 Å². The highest BCUT2D eigenvalue weighted by molar-refractivity contribution is 7.92. The van der Waals surface area contributed by atoms with Gasteiger partial charge in [0.25, 0.3) is 15.9 Å². The van der Waals surface area contributed by atoms with E-state index in [0.29, 0.717) is 16.5 Å². The Morgan fingerprint density at radius 1 is 0.833 bits per heavy atom. The van der Waals surface area contributed by atoms with E-state index in [4.69, 9.17) is 11.6 Å². The Morgan fingerprint density at radius 3 is 2.17 bits per heavy atom. The number of benzene rings is 3. The third kappa shape index (κ3) is 4.88. The number of carbonyl (C=O) groups excluding carboxylic acids is 1. The standard InChI is InChI=1S/C26H18ClN5O3S/c27-20-9-7-18(8-10-20)17-23-25(33)32(24(30-23)19-5-2-1-3-6-19)21-11-13-22(14-12-21)36(34,35)31-26-28-15-4-16-29-26/h1-17H,(H,28,29,31)/b23-17+. The summed E-state index contributed by atoms with van der Waals surface area (Å²) in [5, 5.41) is 0.591. The van der Waals surface area contributed by atoms with Crippen molar-refractivity contribution in [3.05, 3.63) is 119 Å². The predicted octanol–water partition coefficient (Wildman–Crippen LogP) is 4.77. The minimum atomic E-state index is -3.92. The molecule has 0 saturated carbocycles. The van der Waals surface area contributed by atoms with Gasteiger partial charge in [0.05, 0.1) is 10.6 Å². The zero-order valence-electron chi connectivity index (χ0n) is 18.6. The number of sulfonamides is 1. The summed E-state index contributed by atoms with van der Waals surface area (Å²) in [5.74, 6) is 0.0641. The van der Waals surface area contributed by atoms with Crippen LogP contribution < -0.4 is 9.62 Å². The molecule has 1 aliphatic heterocycles. The highest BCUT2D eigenvalue weighted by Gasteiger charge is 2.32. The first-order valence-corrected chi connectivity index (χ1v) is 12.6. The molecule has 178 valence electrons. The van der Waals surface area contributed by atoms with Gasteiger partial charge in [0.1, 0.15) is 11.5 Å². The van der Waals surface area contributed by atoms with Crippen LogP contribution in [0.1, 0.15) is 11.1 Å². The van der Waals surface area contributed by atoms with Crippen molar-refractivity contribution in [2.45, 2.75) is 4.90 Å². The Morgan fingerprint density at radius 2 is 1.50 bits per heavy atom. The van der Waals surface area contributed by atoms with Crippen LogP contribution in [-0.4, -0.2) is 30.1 Å². The number of aromatic nitrogens is 2. The largest absolute Gasteiger partial charge is 0.282 e. The fourth-order valence-electron chi connectivity index (χ4n) is 3.56. The normalized spacial score (nSPS) is 14.7. The lowest BCUT2D eigenvalue weighted by Crippen LogP contribution is -2.32. The van der Waals surface area contributed by atoms with Crippen LogP contribution in [0.4, 0.5) is 11.6 Å². The zero-order valence-corrected chi connectivity index (χ0v) is 20.2. The highest BCUT2D eigenvalue weighted by atomic mass is 35.5. The molecular formula is C26H18ClN5O3S. The number of rotatable bonds is 6. The summed E-state index contributed by atoms with van der Waals surface area (Å²) >= 11 is 5.98. The number of nitrogens with one attached hydrogen (secondary N) is 1. The lowest BCUT2D eigenvalue weighted by molar-refractivity contribution is -0.113. The molecule has 3 aromatic carbocycles. The maximum atomic E-state index is 13.5. The van der Waals surface area contributed by atoms with Gasteiger partial charge >= 0.3 is 0 Å². The Kier molecular flexibility index (Phi) is 6.32. The molecule has 0 radical (unpaired) electrons. The molecule has 0 atom stereocenters. The molecule has 1 aliphatic rings. The average Bonchev–Trinajstić information content (AvgIpc) is 3.22. The molecule has 1 N–H and O–H groups in total. The van der Waals surface area contributed by atoms with Gasteiger partial charge in [-0.2, -0.15) is 0 Å². The number of aliphatic imine (C=N–C) groups is 1. The molecule has 36 heavy (non-hydrogen) atoms. The Hall–Kier alpha value is -4.34. The molecule has 1 aromatic heterocycles. The van der Waals surface area contributed by atoms with Crippen molar-refractivity contribution >= 4 is 51.1 Å². The second-order valence-electron chi connectivity index (χ2n) is 7.69. The number of amidine groups is 1. The summed E-state index contributed by atoms with van der Waals surface area (Å²) in [7, 11) is -3.92. The molecule has 0 fully saturated rings. The fourth-order valence-corrected chi connectivity index (χ4v) is 4.64. The van der Waals surface area contributed by atoms with Crippen molar-refractivity contribution in [1.29, 1.82) is 0 Å². The van der Waals surface area contributed by atoms with Gasteiger partial charge in [-0.05, 0) is 54.1 Å². The molecule has 0 bridgehead atoms. The van der Waals surface area contributed by atoms with Crippen molar-refractivity contribution in [2.24, 2.45) is 4.99 Å². The van der Waals surface area contributed by atoms with Crippen LogP contribution in [0, 0.1) is 0 Å². The van der Waals surface area contributed by atoms with Gasteiger partial charge in [0.15, 0.2) is 0 Å². The molecule has 8 nitrogen and oxygen atoms in total. The fraction of sp³-hybridized carbons (Fsp3) is 0. The Bertz CT molecular complexity index is 1570. The minimum absolute atomic E-state index is 0.000443. The number of anilines is 2. The van der Waals surface area contributed by atoms with Gasteiger partial charge in [-0.25, -0.2) is 28.1 Å². The van der Waals surface area contributed by atoms with Crippen LogP contribution in [0.2, 0.25) is 5.02 Å². The first-order valence-electron chi connectivity index (χ1n) is 10.8. The van der Waals surface area contributed by atoms with Crippen molar-refractivity contribution in [3.8, 4) is 0 Å². The second kappa shape index (κ2) is 9.73. The summed E-state index contributed by atoms with van der Waals surface area (Å²) in [4.78, 5) is 27.3. The smallest absolute Gasteiger partial charge is 0.266 e. The lowest BCUT2D eigenvalue weighted by atomic mass is 10.1. The minimum Gasteiger partial charge on any atom is -0.266 e. The second-order valence-corrected chi connectivity index (χ2v) is 9.81. The molecule has 0 unspecified atom stereocenters. The summed E-state index contributed by atoms with van der Waals surface area (Å²) in [6.45, 7) is 0. The van der Waals surface area contributed by atoms with E-state index in [1.807, 2.05) is 30.3 Å². The van der Waals surface area contributed by atoms with Crippen LogP contribution >= 0.6 is 11.6 Å². The number of carbonyl (C=O) groups is 1. The number of nitrogens with zero attached hydrogens (tertiary/aromatic N) is 4. The average molecular weight is 516 g/mol. The Labute approximate surface area is 212 Å². The van der Waals surface area contributed by atoms with Gasteiger partial charge in [-0.3, -0.25) is 9.69 Å². The van der Waals surface area contributed by atoms with E-state index in [0.717, 1.165) is 11.1 Å². The molecular weight excluding hydrogens is 498 g/mol. The molecule has 0 spiro atoms. The van der Waals surface area contributed by atoms with Crippen LogP contribution in [-0.2, 0) is 14.8 Å². The summed E-state index contributed by atoms with van der Waals surface area (Å²) in [6.07, 6.45) is 4.56. The van der Waals surface area contributed by atoms with Crippen LogP contribution in [0.5, 0.6) is 0 Å². The molecule has 2 heterocycles. The van der Waals surface area contributed by atoms with Crippen molar-refractivity contribution in [3.63, 3.8) is 0 Å². The predicted molar refractivity (Wildman–Crippen MR) is 139 cm³/mol. The van der Waals surface area contributed by atoms with E-state index < -0.39 is 10.0 Å². The van der Waals surface area contributed by atoms with Crippen LogP contribution in [0.3, 0.4) is 0 Å². The maximum Gasteiger partial charge on any atom is 0.282 e. The Balaban J connectivity index is 1.49. The van der Waals surface area contributed by atoms with Gasteiger partial charge in [0, 0.05) is 23.0 Å². The maximum absolute atomic E-state index is 13.5. The van der Waals surface area contributed by atoms with E-state index in [9.17, 15) is 13.2 Å². The van der Waals surface area contributed by atoms with Crippen molar-refractivity contribution in [2.75, 3.05) is 9.62 Å². The van der Waals surface area contributed by atoms with Crippen molar-refractivity contribution in [1.82, 2.24) is 9.97 Å². The summed E-state index contributed by atoms with van der Waals surface area (Å²) in [6, 6.07) is 23.9. The molecule has 0 aliphatic carbocycles.